The van der Waals surface area contributed by atoms with Gasteiger partial charge in [-0.2, -0.15) is 0 Å². The van der Waals surface area contributed by atoms with E-state index in [4.69, 9.17) is 12.2 Å². The molecule has 0 unspecified atom stereocenters. The Morgan fingerprint density at radius 2 is 2.00 bits per heavy atom. The van der Waals surface area contributed by atoms with E-state index in [-0.39, 0.29) is 10.2 Å². The number of nitrogens with one attached hydrogen (secondary N) is 2. The highest BCUT2D eigenvalue weighted by molar-refractivity contribution is 9.10. The smallest absolute Gasteiger partial charge is 0.171 e. The molecule has 1 fully saturated rings. The summed E-state index contributed by atoms with van der Waals surface area (Å²) in [5.74, 6) is -1.30. The molecule has 2 rings (SSSR count). The number of hydrogen-bond acceptors (Lipinski definition) is 1. The molecule has 1 aliphatic carbocycles. The summed E-state index contributed by atoms with van der Waals surface area (Å²) < 4.78 is 26.5. The van der Waals surface area contributed by atoms with Gasteiger partial charge in [-0.1, -0.05) is 0 Å². The van der Waals surface area contributed by atoms with Crippen LogP contribution in [0.1, 0.15) is 12.8 Å². The van der Waals surface area contributed by atoms with E-state index >= 15 is 0 Å². The van der Waals surface area contributed by atoms with Crippen molar-refractivity contribution in [2.45, 2.75) is 18.9 Å². The molecule has 1 aromatic rings. The summed E-state index contributed by atoms with van der Waals surface area (Å²) in [7, 11) is 0. The zero-order valence-corrected chi connectivity index (χ0v) is 10.6. The second-order valence-electron chi connectivity index (χ2n) is 3.62. The van der Waals surface area contributed by atoms with Gasteiger partial charge in [0.25, 0.3) is 0 Å². The molecule has 1 aliphatic rings. The van der Waals surface area contributed by atoms with E-state index < -0.39 is 11.6 Å². The first kappa shape index (κ1) is 11.7. The van der Waals surface area contributed by atoms with Gasteiger partial charge in [0.1, 0.15) is 11.6 Å². The predicted octanol–water partition coefficient (Wildman–Crippen LogP) is 3.18. The van der Waals surface area contributed by atoms with Crippen LogP contribution in [-0.2, 0) is 0 Å². The van der Waals surface area contributed by atoms with Crippen LogP contribution in [0.5, 0.6) is 0 Å². The Morgan fingerprint density at radius 1 is 1.31 bits per heavy atom. The van der Waals surface area contributed by atoms with E-state index in [1.54, 1.807) is 0 Å². The highest BCUT2D eigenvalue weighted by Gasteiger charge is 2.22. The van der Waals surface area contributed by atoms with Crippen LogP contribution < -0.4 is 10.6 Å². The Labute approximate surface area is 106 Å². The number of anilines is 1. The van der Waals surface area contributed by atoms with Crippen LogP contribution in [-0.4, -0.2) is 11.2 Å². The molecule has 0 aromatic heterocycles. The van der Waals surface area contributed by atoms with Gasteiger partial charge in [0.05, 0.1) is 10.2 Å². The third-order valence-electron chi connectivity index (χ3n) is 2.17. The van der Waals surface area contributed by atoms with Crippen LogP contribution in [0.15, 0.2) is 16.6 Å². The zero-order valence-electron chi connectivity index (χ0n) is 8.19. The first-order valence-corrected chi connectivity index (χ1v) is 5.98. The number of thiocarbonyl (C=S) groups is 1. The molecule has 86 valence electrons. The van der Waals surface area contributed by atoms with Gasteiger partial charge in [-0.3, -0.25) is 0 Å². The molecule has 0 atom stereocenters. The monoisotopic (exact) mass is 306 g/mol. The Hall–Kier alpha value is -0.750. The number of hydrogen-bond donors (Lipinski definition) is 2. The largest absolute Gasteiger partial charge is 0.360 e. The van der Waals surface area contributed by atoms with E-state index in [1.165, 1.54) is 6.07 Å². The molecule has 2 nitrogen and oxygen atoms in total. The second-order valence-corrected chi connectivity index (χ2v) is 4.88. The van der Waals surface area contributed by atoms with E-state index in [2.05, 4.69) is 26.6 Å². The van der Waals surface area contributed by atoms with Crippen LogP contribution in [0.2, 0.25) is 0 Å². The van der Waals surface area contributed by atoms with Crippen molar-refractivity contribution in [2.75, 3.05) is 5.32 Å². The van der Waals surface area contributed by atoms with Gasteiger partial charge in [-0.25, -0.2) is 8.78 Å². The number of halogens is 3. The molecular formula is C10H9BrF2N2S. The molecule has 0 spiro atoms. The fourth-order valence-electron chi connectivity index (χ4n) is 1.19. The maximum absolute atomic E-state index is 13.3. The summed E-state index contributed by atoms with van der Waals surface area (Å²) in [6.07, 6.45) is 2.16. The van der Waals surface area contributed by atoms with Gasteiger partial charge >= 0.3 is 0 Å². The average molecular weight is 307 g/mol. The van der Waals surface area contributed by atoms with Crippen molar-refractivity contribution in [2.24, 2.45) is 0 Å². The van der Waals surface area contributed by atoms with Gasteiger partial charge in [-0.15, -0.1) is 0 Å². The Kier molecular flexibility index (Phi) is 3.39. The van der Waals surface area contributed by atoms with Crippen molar-refractivity contribution in [3.8, 4) is 0 Å². The molecule has 0 amide bonds. The molecule has 16 heavy (non-hydrogen) atoms. The van der Waals surface area contributed by atoms with Crippen LogP contribution in [0.25, 0.3) is 0 Å². The first-order valence-electron chi connectivity index (χ1n) is 4.78. The summed E-state index contributed by atoms with van der Waals surface area (Å²) in [6.45, 7) is 0. The fourth-order valence-corrected chi connectivity index (χ4v) is 1.81. The van der Waals surface area contributed by atoms with E-state index in [0.29, 0.717) is 11.2 Å². The molecule has 0 saturated heterocycles. The quantitative estimate of drug-likeness (QED) is 0.648. The SMILES string of the molecule is Fc1cc(F)c(NC(=S)NC2CC2)cc1Br. The zero-order chi connectivity index (χ0) is 11.7. The topological polar surface area (TPSA) is 24.1 Å². The molecule has 0 radical (unpaired) electrons. The predicted molar refractivity (Wildman–Crippen MR) is 66.4 cm³/mol. The summed E-state index contributed by atoms with van der Waals surface area (Å²) in [6, 6.07) is 2.53. The summed E-state index contributed by atoms with van der Waals surface area (Å²) in [5, 5.41) is 6.07. The second kappa shape index (κ2) is 4.63. The fraction of sp³-hybridized carbons (Fsp3) is 0.300. The third-order valence-corrected chi connectivity index (χ3v) is 3.00. The number of rotatable bonds is 2. The standard InChI is InChI=1S/C10H9BrF2N2S/c11-6-3-9(8(13)4-7(6)12)15-10(16)14-5-1-2-5/h3-5H,1-2H2,(H2,14,15,16). The van der Waals surface area contributed by atoms with Crippen LogP contribution >= 0.6 is 28.1 Å². The minimum Gasteiger partial charge on any atom is -0.360 e. The van der Waals surface area contributed by atoms with Crippen LogP contribution in [0.4, 0.5) is 14.5 Å². The summed E-state index contributed by atoms with van der Waals surface area (Å²) in [4.78, 5) is 0. The van der Waals surface area contributed by atoms with Gasteiger partial charge in [0.15, 0.2) is 5.11 Å². The Balaban J connectivity index is 2.07. The maximum atomic E-state index is 13.3. The first-order chi connectivity index (χ1) is 7.56. The van der Waals surface area contributed by atoms with E-state index in [9.17, 15) is 8.78 Å². The molecule has 0 bridgehead atoms. The van der Waals surface area contributed by atoms with Gasteiger partial charge in [0.2, 0.25) is 0 Å². The van der Waals surface area contributed by atoms with Crippen molar-refractivity contribution in [1.29, 1.82) is 0 Å². The van der Waals surface area contributed by atoms with E-state index in [0.717, 1.165) is 18.9 Å². The molecule has 1 aromatic carbocycles. The lowest BCUT2D eigenvalue weighted by Gasteiger charge is -2.10. The van der Waals surface area contributed by atoms with Crippen molar-refractivity contribution in [1.82, 2.24) is 5.32 Å². The van der Waals surface area contributed by atoms with Crippen LogP contribution in [0, 0.1) is 11.6 Å². The van der Waals surface area contributed by atoms with Crippen LogP contribution in [0.3, 0.4) is 0 Å². The molecular weight excluding hydrogens is 298 g/mol. The average Bonchev–Trinajstić information content (AvgIpc) is 2.98. The molecule has 0 heterocycles. The van der Waals surface area contributed by atoms with Crippen molar-refractivity contribution in [3.63, 3.8) is 0 Å². The number of benzene rings is 1. The summed E-state index contributed by atoms with van der Waals surface area (Å²) in [5.41, 5.74) is 0.159. The molecule has 0 aliphatic heterocycles. The summed E-state index contributed by atoms with van der Waals surface area (Å²) >= 11 is 7.98. The lowest BCUT2D eigenvalue weighted by molar-refractivity contribution is 0.581. The lowest BCUT2D eigenvalue weighted by atomic mass is 10.3. The maximum Gasteiger partial charge on any atom is 0.171 e. The minimum absolute atomic E-state index is 0.159. The third kappa shape index (κ3) is 2.89. The normalized spacial score (nSPS) is 14.7. The molecule has 6 heteroatoms. The molecule has 1 saturated carbocycles. The highest BCUT2D eigenvalue weighted by Crippen LogP contribution is 2.24. The van der Waals surface area contributed by atoms with Gasteiger partial charge < -0.3 is 10.6 Å². The van der Waals surface area contributed by atoms with Crippen molar-refractivity contribution >= 4 is 38.9 Å². The Bertz CT molecular complexity index is 435. The minimum atomic E-state index is -0.666. The van der Waals surface area contributed by atoms with Crippen molar-refractivity contribution < 1.29 is 8.78 Å². The highest BCUT2D eigenvalue weighted by atomic mass is 79.9. The van der Waals surface area contributed by atoms with Crippen molar-refractivity contribution in [3.05, 3.63) is 28.2 Å². The van der Waals surface area contributed by atoms with Gasteiger partial charge in [-0.05, 0) is 47.1 Å². The lowest BCUT2D eigenvalue weighted by Crippen LogP contribution is -2.30. The van der Waals surface area contributed by atoms with E-state index in [1.807, 2.05) is 0 Å². The Morgan fingerprint density at radius 3 is 2.62 bits per heavy atom. The molecule has 2 N–H and O–H groups in total. The van der Waals surface area contributed by atoms with Gasteiger partial charge in [0, 0.05) is 12.1 Å².